The SMILES string of the molecule is O=C(c1cccnc1)N(Cc1ccc(C(F)(F)F)s1)Oc1cccnc1. The first kappa shape index (κ1) is 17.9. The summed E-state index contributed by atoms with van der Waals surface area (Å²) in [5.41, 5.74) is 0.254. The summed E-state index contributed by atoms with van der Waals surface area (Å²) >= 11 is 0.561. The van der Waals surface area contributed by atoms with Crippen LogP contribution in [0.1, 0.15) is 20.1 Å². The third-order valence-electron chi connectivity index (χ3n) is 3.23. The Bertz CT molecular complexity index is 870. The summed E-state index contributed by atoms with van der Waals surface area (Å²) in [5.74, 6) is -0.235. The average Bonchev–Trinajstić information content (AvgIpc) is 3.11. The molecule has 26 heavy (non-hydrogen) atoms. The van der Waals surface area contributed by atoms with E-state index in [0.29, 0.717) is 16.2 Å². The predicted molar refractivity (Wildman–Crippen MR) is 88.3 cm³/mol. The molecule has 3 heterocycles. The number of hydrogen-bond donors (Lipinski definition) is 0. The second kappa shape index (κ2) is 7.52. The maximum Gasteiger partial charge on any atom is 0.425 e. The Morgan fingerprint density at radius 3 is 2.38 bits per heavy atom. The second-order valence-electron chi connectivity index (χ2n) is 5.13. The number of hydroxylamine groups is 2. The highest BCUT2D eigenvalue weighted by Gasteiger charge is 2.33. The highest BCUT2D eigenvalue weighted by atomic mass is 32.1. The summed E-state index contributed by atoms with van der Waals surface area (Å²) in [4.78, 5) is 25.6. The van der Waals surface area contributed by atoms with Crippen LogP contribution in [0, 0.1) is 0 Å². The summed E-state index contributed by atoms with van der Waals surface area (Å²) in [7, 11) is 0. The van der Waals surface area contributed by atoms with Crippen LogP contribution in [-0.2, 0) is 12.7 Å². The van der Waals surface area contributed by atoms with Gasteiger partial charge in [-0.15, -0.1) is 11.3 Å². The topological polar surface area (TPSA) is 55.3 Å². The smallest absolute Gasteiger partial charge is 0.375 e. The zero-order valence-electron chi connectivity index (χ0n) is 13.2. The molecule has 9 heteroatoms. The molecule has 0 N–H and O–H groups in total. The van der Waals surface area contributed by atoms with E-state index in [1.807, 2.05) is 0 Å². The molecule has 0 aromatic carbocycles. The molecule has 0 spiro atoms. The fourth-order valence-corrected chi connectivity index (χ4v) is 2.92. The molecule has 0 bridgehead atoms. The molecule has 3 rings (SSSR count). The Kier molecular flexibility index (Phi) is 5.17. The number of alkyl halides is 3. The number of aromatic nitrogens is 2. The van der Waals surface area contributed by atoms with Crippen molar-refractivity contribution in [2.75, 3.05) is 0 Å². The van der Waals surface area contributed by atoms with E-state index < -0.39 is 17.0 Å². The summed E-state index contributed by atoms with van der Waals surface area (Å²) in [6.45, 7) is -0.149. The van der Waals surface area contributed by atoms with Crippen LogP contribution in [0.5, 0.6) is 5.75 Å². The van der Waals surface area contributed by atoms with Gasteiger partial charge in [-0.1, -0.05) is 0 Å². The highest BCUT2D eigenvalue weighted by molar-refractivity contribution is 7.12. The quantitative estimate of drug-likeness (QED) is 0.624. The fourth-order valence-electron chi connectivity index (χ4n) is 2.06. The lowest BCUT2D eigenvalue weighted by Gasteiger charge is -2.21. The highest BCUT2D eigenvalue weighted by Crippen LogP contribution is 2.35. The molecule has 0 radical (unpaired) electrons. The van der Waals surface area contributed by atoms with E-state index in [-0.39, 0.29) is 17.9 Å². The van der Waals surface area contributed by atoms with Gasteiger partial charge in [0.25, 0.3) is 5.91 Å². The van der Waals surface area contributed by atoms with E-state index in [9.17, 15) is 18.0 Å². The van der Waals surface area contributed by atoms with Crippen LogP contribution >= 0.6 is 11.3 Å². The number of pyridine rings is 2. The Balaban J connectivity index is 1.85. The van der Waals surface area contributed by atoms with Crippen molar-refractivity contribution in [2.45, 2.75) is 12.7 Å². The van der Waals surface area contributed by atoms with Crippen LogP contribution in [0.15, 0.2) is 61.2 Å². The van der Waals surface area contributed by atoms with Gasteiger partial charge in [0.05, 0.1) is 18.3 Å². The third kappa shape index (κ3) is 4.37. The minimum Gasteiger partial charge on any atom is -0.375 e. The number of carbonyl (C=O) groups is 1. The zero-order valence-corrected chi connectivity index (χ0v) is 14.0. The van der Waals surface area contributed by atoms with E-state index in [1.165, 1.54) is 30.9 Å². The van der Waals surface area contributed by atoms with Crippen LogP contribution in [0.3, 0.4) is 0 Å². The van der Waals surface area contributed by atoms with Gasteiger partial charge in [0.15, 0.2) is 5.75 Å². The minimum absolute atomic E-state index is 0.149. The average molecular weight is 379 g/mol. The third-order valence-corrected chi connectivity index (χ3v) is 4.34. The number of carbonyl (C=O) groups excluding carboxylic acids is 1. The van der Waals surface area contributed by atoms with E-state index in [0.717, 1.165) is 11.1 Å². The molecular weight excluding hydrogens is 367 g/mol. The number of thiophene rings is 1. The number of nitrogens with zero attached hydrogens (tertiary/aromatic N) is 3. The van der Waals surface area contributed by atoms with Gasteiger partial charge in [0.2, 0.25) is 0 Å². The first-order valence-electron chi connectivity index (χ1n) is 7.39. The molecule has 0 saturated heterocycles. The molecule has 0 aliphatic carbocycles. The number of rotatable bonds is 5. The standard InChI is InChI=1S/C17H12F3N3O2S/c18-17(19,20)15-6-5-14(26-15)11-23(25-13-4-2-8-22-10-13)16(24)12-3-1-7-21-9-12/h1-10H,11H2. The maximum atomic E-state index is 12.8. The monoisotopic (exact) mass is 379 g/mol. The molecule has 0 aliphatic heterocycles. The zero-order chi connectivity index (χ0) is 18.6. The van der Waals surface area contributed by atoms with Crippen LogP contribution in [-0.4, -0.2) is 20.9 Å². The van der Waals surface area contributed by atoms with Crippen molar-refractivity contribution in [3.63, 3.8) is 0 Å². The Labute approximate surface area is 150 Å². The van der Waals surface area contributed by atoms with Crippen LogP contribution in [0.2, 0.25) is 0 Å². The number of halogens is 3. The molecular formula is C17H12F3N3O2S. The van der Waals surface area contributed by atoms with Gasteiger partial charge >= 0.3 is 6.18 Å². The van der Waals surface area contributed by atoms with Crippen molar-refractivity contribution < 1.29 is 22.8 Å². The van der Waals surface area contributed by atoms with Crippen molar-refractivity contribution in [1.29, 1.82) is 0 Å². The first-order valence-corrected chi connectivity index (χ1v) is 8.21. The van der Waals surface area contributed by atoms with Gasteiger partial charge in [-0.25, -0.2) is 0 Å². The van der Waals surface area contributed by atoms with E-state index >= 15 is 0 Å². The van der Waals surface area contributed by atoms with Crippen LogP contribution in [0.25, 0.3) is 0 Å². The largest absolute Gasteiger partial charge is 0.425 e. The van der Waals surface area contributed by atoms with E-state index in [4.69, 9.17) is 4.84 Å². The second-order valence-corrected chi connectivity index (χ2v) is 6.30. The van der Waals surface area contributed by atoms with Gasteiger partial charge < -0.3 is 4.84 Å². The lowest BCUT2D eigenvalue weighted by Crippen LogP contribution is -2.33. The van der Waals surface area contributed by atoms with Gasteiger partial charge in [0, 0.05) is 23.5 Å². The molecule has 5 nitrogen and oxygen atoms in total. The summed E-state index contributed by atoms with van der Waals surface area (Å²) in [6.07, 6.45) is 1.38. The van der Waals surface area contributed by atoms with Crippen molar-refractivity contribution in [3.05, 3.63) is 76.5 Å². The number of hydrogen-bond acceptors (Lipinski definition) is 5. The predicted octanol–water partition coefficient (Wildman–Crippen LogP) is 4.19. The van der Waals surface area contributed by atoms with Crippen molar-refractivity contribution in [2.24, 2.45) is 0 Å². The Morgan fingerprint density at radius 1 is 1.08 bits per heavy atom. The summed E-state index contributed by atoms with van der Waals surface area (Å²) in [6, 6.07) is 8.65. The Hall–Kier alpha value is -2.94. The molecule has 134 valence electrons. The minimum atomic E-state index is -4.43. The van der Waals surface area contributed by atoms with Gasteiger partial charge in [-0.3, -0.25) is 14.8 Å². The van der Waals surface area contributed by atoms with Gasteiger partial charge in [-0.05, 0) is 36.4 Å². The van der Waals surface area contributed by atoms with Crippen molar-refractivity contribution in [3.8, 4) is 5.75 Å². The molecule has 3 aromatic rings. The summed E-state index contributed by atoms with van der Waals surface area (Å²) in [5, 5.41) is 0.986. The Morgan fingerprint density at radius 2 is 1.81 bits per heavy atom. The van der Waals surface area contributed by atoms with Crippen LogP contribution in [0.4, 0.5) is 13.2 Å². The van der Waals surface area contributed by atoms with Crippen molar-refractivity contribution >= 4 is 17.2 Å². The fraction of sp³-hybridized carbons (Fsp3) is 0.118. The molecule has 0 atom stereocenters. The van der Waals surface area contributed by atoms with Crippen LogP contribution < -0.4 is 4.84 Å². The maximum absolute atomic E-state index is 12.8. The normalized spacial score (nSPS) is 11.2. The number of amides is 1. The molecule has 0 unspecified atom stereocenters. The first-order chi connectivity index (χ1) is 12.4. The molecule has 1 amide bonds. The van der Waals surface area contributed by atoms with Crippen molar-refractivity contribution in [1.82, 2.24) is 15.0 Å². The molecule has 3 aromatic heterocycles. The van der Waals surface area contributed by atoms with Gasteiger partial charge in [-0.2, -0.15) is 18.2 Å². The van der Waals surface area contributed by atoms with Gasteiger partial charge in [0.1, 0.15) is 4.88 Å². The summed E-state index contributed by atoms with van der Waals surface area (Å²) < 4.78 is 38.4. The van der Waals surface area contributed by atoms with E-state index in [1.54, 1.807) is 24.3 Å². The van der Waals surface area contributed by atoms with E-state index in [2.05, 4.69) is 9.97 Å². The molecule has 0 fully saturated rings. The molecule has 0 saturated carbocycles. The lowest BCUT2D eigenvalue weighted by atomic mass is 10.2. The molecule has 0 aliphatic rings. The lowest BCUT2D eigenvalue weighted by molar-refractivity contribution is -0.134.